The Morgan fingerprint density at radius 3 is 2.32 bits per heavy atom. The third-order valence-electron chi connectivity index (χ3n) is 3.20. The van der Waals surface area contributed by atoms with E-state index in [1.54, 1.807) is 31.2 Å². The second kappa shape index (κ2) is 7.93. The van der Waals surface area contributed by atoms with Gasteiger partial charge in [-0.3, -0.25) is 4.79 Å². The van der Waals surface area contributed by atoms with Crippen molar-refractivity contribution in [3.05, 3.63) is 35.9 Å². The highest BCUT2D eigenvalue weighted by atomic mass is 32.2. The number of nitrogens with zero attached hydrogens (tertiary/aromatic N) is 1. The number of amides is 1. The molecule has 1 atom stereocenters. The third kappa shape index (κ3) is 5.48. The number of hydrogen-bond donors (Lipinski definition) is 1. The summed E-state index contributed by atoms with van der Waals surface area (Å²) in [5.74, 6) is -2.60. The fourth-order valence-electron chi connectivity index (χ4n) is 2.01. The van der Waals surface area contributed by atoms with E-state index in [1.165, 1.54) is 6.92 Å². The molecule has 0 aliphatic carbocycles. The van der Waals surface area contributed by atoms with Crippen molar-refractivity contribution in [2.45, 2.75) is 32.9 Å². The predicted molar refractivity (Wildman–Crippen MR) is 83.0 cm³/mol. The molecular formula is C15H21NO5S. The molecule has 0 aromatic heterocycles. The van der Waals surface area contributed by atoms with Crippen LogP contribution in [-0.2, 0) is 26.0 Å². The van der Waals surface area contributed by atoms with Crippen molar-refractivity contribution in [1.29, 1.82) is 0 Å². The van der Waals surface area contributed by atoms with Crippen LogP contribution in [0.5, 0.6) is 0 Å². The van der Waals surface area contributed by atoms with Gasteiger partial charge in [-0.25, -0.2) is 13.2 Å². The smallest absolute Gasteiger partial charge is 0.326 e. The molecule has 1 unspecified atom stereocenters. The molecule has 1 amide bonds. The summed E-state index contributed by atoms with van der Waals surface area (Å²) in [4.78, 5) is 24.5. The van der Waals surface area contributed by atoms with Gasteiger partial charge in [-0.15, -0.1) is 0 Å². The Bertz CT molecular complexity index is 612. The summed E-state index contributed by atoms with van der Waals surface area (Å²) in [6.07, 6.45) is 0.419. The van der Waals surface area contributed by atoms with Gasteiger partial charge >= 0.3 is 5.97 Å². The van der Waals surface area contributed by atoms with Gasteiger partial charge in [-0.1, -0.05) is 37.3 Å². The Hall–Kier alpha value is -1.89. The van der Waals surface area contributed by atoms with Crippen LogP contribution in [0.3, 0.4) is 0 Å². The minimum absolute atomic E-state index is 0.0643. The van der Waals surface area contributed by atoms with E-state index in [4.69, 9.17) is 5.11 Å². The van der Waals surface area contributed by atoms with Gasteiger partial charge in [-0.05, 0) is 18.9 Å². The molecule has 1 rings (SSSR count). The Balaban J connectivity index is 2.95. The molecule has 0 bridgehead atoms. The number of carboxylic acids is 1. The van der Waals surface area contributed by atoms with E-state index in [0.717, 1.165) is 10.5 Å². The van der Waals surface area contributed by atoms with Crippen LogP contribution in [0.1, 0.15) is 25.8 Å². The van der Waals surface area contributed by atoms with E-state index in [-0.39, 0.29) is 12.3 Å². The van der Waals surface area contributed by atoms with E-state index in [2.05, 4.69) is 0 Å². The van der Waals surface area contributed by atoms with E-state index < -0.39 is 33.5 Å². The highest BCUT2D eigenvalue weighted by molar-refractivity contribution is 7.92. The maximum absolute atomic E-state index is 12.3. The molecule has 0 saturated carbocycles. The zero-order valence-electron chi connectivity index (χ0n) is 12.7. The number of sulfone groups is 1. The average Bonchev–Trinajstić information content (AvgIpc) is 2.44. The lowest BCUT2D eigenvalue weighted by atomic mass is 10.2. The lowest BCUT2D eigenvalue weighted by molar-refractivity contribution is -0.149. The molecule has 0 radical (unpaired) electrons. The molecule has 0 saturated heterocycles. The van der Waals surface area contributed by atoms with Crippen LogP contribution < -0.4 is 0 Å². The van der Waals surface area contributed by atoms with Gasteiger partial charge < -0.3 is 10.0 Å². The molecule has 122 valence electrons. The Kier molecular flexibility index (Phi) is 6.55. The number of carboxylic acid groups (broad SMARTS) is 1. The van der Waals surface area contributed by atoms with Crippen LogP contribution in [-0.4, -0.2) is 47.8 Å². The van der Waals surface area contributed by atoms with Gasteiger partial charge in [0.05, 0.1) is 5.75 Å². The maximum Gasteiger partial charge on any atom is 0.326 e. The van der Waals surface area contributed by atoms with Gasteiger partial charge in [0.1, 0.15) is 11.8 Å². The molecular weight excluding hydrogens is 306 g/mol. The molecule has 7 heteroatoms. The molecule has 0 aliphatic rings. The Labute approximate surface area is 130 Å². The number of hydrogen-bond acceptors (Lipinski definition) is 4. The van der Waals surface area contributed by atoms with Gasteiger partial charge in [0, 0.05) is 6.54 Å². The molecule has 0 aliphatic heterocycles. The highest BCUT2D eigenvalue weighted by Crippen LogP contribution is 2.11. The fraction of sp³-hybridized carbons (Fsp3) is 0.467. The van der Waals surface area contributed by atoms with Crippen molar-refractivity contribution in [3.8, 4) is 0 Å². The lowest BCUT2D eigenvalue weighted by Gasteiger charge is -2.26. The average molecular weight is 327 g/mol. The van der Waals surface area contributed by atoms with E-state index >= 15 is 0 Å². The summed E-state index contributed by atoms with van der Waals surface area (Å²) in [6, 6.07) is 7.78. The standard InChI is InChI=1S/C15H21NO5S/c1-3-9-22(20,21)11-14(17)16(12(2)15(18)19)10-13-7-5-4-6-8-13/h4-8,12H,3,9-11H2,1-2H3,(H,18,19). The molecule has 1 N–H and O–H groups in total. The minimum Gasteiger partial charge on any atom is -0.480 e. The summed E-state index contributed by atoms with van der Waals surface area (Å²) in [5, 5.41) is 9.14. The molecule has 0 heterocycles. The fourth-order valence-corrected chi connectivity index (χ4v) is 3.32. The van der Waals surface area contributed by atoms with E-state index in [1.807, 2.05) is 6.07 Å². The SMILES string of the molecule is CCCS(=O)(=O)CC(=O)N(Cc1ccccc1)C(C)C(=O)O. The molecule has 0 spiro atoms. The second-order valence-electron chi connectivity index (χ2n) is 5.11. The Morgan fingerprint density at radius 2 is 1.82 bits per heavy atom. The van der Waals surface area contributed by atoms with Crippen LogP contribution in [0, 0.1) is 0 Å². The van der Waals surface area contributed by atoms with Gasteiger partial charge in [0.15, 0.2) is 9.84 Å². The third-order valence-corrected chi connectivity index (χ3v) is 4.92. The van der Waals surface area contributed by atoms with Crippen molar-refractivity contribution in [2.24, 2.45) is 0 Å². The van der Waals surface area contributed by atoms with E-state index in [0.29, 0.717) is 6.42 Å². The number of carbonyl (C=O) groups excluding carboxylic acids is 1. The monoisotopic (exact) mass is 327 g/mol. The molecule has 1 aromatic rings. The van der Waals surface area contributed by atoms with Crippen molar-refractivity contribution in [3.63, 3.8) is 0 Å². The first-order chi connectivity index (χ1) is 10.3. The van der Waals surface area contributed by atoms with Crippen LogP contribution in [0.15, 0.2) is 30.3 Å². The quantitative estimate of drug-likeness (QED) is 0.777. The van der Waals surface area contributed by atoms with Crippen LogP contribution in [0.2, 0.25) is 0 Å². The summed E-state index contributed by atoms with van der Waals surface area (Å²) in [6.45, 7) is 3.15. The summed E-state index contributed by atoms with van der Waals surface area (Å²) < 4.78 is 23.6. The number of benzene rings is 1. The molecule has 0 fully saturated rings. The molecule has 6 nitrogen and oxygen atoms in total. The van der Waals surface area contributed by atoms with Crippen molar-refractivity contribution >= 4 is 21.7 Å². The summed E-state index contributed by atoms with van der Waals surface area (Å²) >= 11 is 0. The zero-order valence-corrected chi connectivity index (χ0v) is 13.5. The number of carbonyl (C=O) groups is 2. The zero-order chi connectivity index (χ0) is 16.8. The van der Waals surface area contributed by atoms with Crippen molar-refractivity contribution in [1.82, 2.24) is 4.90 Å². The summed E-state index contributed by atoms with van der Waals surface area (Å²) in [5.41, 5.74) is 0.747. The Morgan fingerprint density at radius 1 is 1.23 bits per heavy atom. The maximum atomic E-state index is 12.3. The lowest BCUT2D eigenvalue weighted by Crippen LogP contribution is -2.45. The van der Waals surface area contributed by atoms with Gasteiger partial charge in [-0.2, -0.15) is 0 Å². The normalized spacial score (nSPS) is 12.6. The van der Waals surface area contributed by atoms with Gasteiger partial charge in [0.25, 0.3) is 0 Å². The van der Waals surface area contributed by atoms with Crippen LogP contribution in [0.25, 0.3) is 0 Å². The van der Waals surface area contributed by atoms with E-state index in [9.17, 15) is 18.0 Å². The first-order valence-corrected chi connectivity index (χ1v) is 8.85. The second-order valence-corrected chi connectivity index (χ2v) is 7.30. The summed E-state index contributed by atoms with van der Waals surface area (Å²) in [7, 11) is -3.51. The van der Waals surface area contributed by atoms with Crippen LogP contribution >= 0.6 is 0 Å². The predicted octanol–water partition coefficient (Wildman–Crippen LogP) is 1.31. The number of aliphatic carboxylic acids is 1. The topological polar surface area (TPSA) is 91.8 Å². The van der Waals surface area contributed by atoms with Crippen molar-refractivity contribution < 1.29 is 23.1 Å². The molecule has 22 heavy (non-hydrogen) atoms. The first kappa shape index (κ1) is 18.2. The highest BCUT2D eigenvalue weighted by Gasteiger charge is 2.28. The number of rotatable bonds is 8. The first-order valence-electron chi connectivity index (χ1n) is 7.03. The van der Waals surface area contributed by atoms with Crippen molar-refractivity contribution in [2.75, 3.05) is 11.5 Å². The van der Waals surface area contributed by atoms with Gasteiger partial charge in [0.2, 0.25) is 5.91 Å². The van der Waals surface area contributed by atoms with Crippen LogP contribution in [0.4, 0.5) is 0 Å². The minimum atomic E-state index is -3.51. The molecule has 1 aromatic carbocycles. The largest absolute Gasteiger partial charge is 0.480 e.